The second-order valence-electron chi connectivity index (χ2n) is 7.35. The molecule has 0 aliphatic carbocycles. The van der Waals surface area contributed by atoms with Crippen LogP contribution in [0, 0.1) is 6.92 Å². The molecule has 10 heteroatoms. The third-order valence-electron chi connectivity index (χ3n) is 5.09. The van der Waals surface area contributed by atoms with Crippen LogP contribution in [0.5, 0.6) is 11.5 Å². The third kappa shape index (κ3) is 5.13. The average molecular weight is 446 g/mol. The fourth-order valence-corrected chi connectivity index (χ4v) is 3.61. The molecule has 168 valence electrons. The van der Waals surface area contributed by atoms with Crippen molar-refractivity contribution >= 4 is 11.8 Å². The van der Waals surface area contributed by atoms with E-state index >= 15 is 0 Å². The van der Waals surface area contributed by atoms with Crippen molar-refractivity contribution in [2.75, 3.05) is 18.0 Å². The van der Waals surface area contributed by atoms with Crippen molar-refractivity contribution in [3.05, 3.63) is 66.5 Å². The Labute approximate surface area is 182 Å². The molecule has 32 heavy (non-hydrogen) atoms. The van der Waals surface area contributed by atoms with E-state index in [9.17, 15) is 18.0 Å². The molecule has 1 N–H and O–H groups in total. The number of benzene rings is 2. The predicted molar refractivity (Wildman–Crippen MR) is 111 cm³/mol. The van der Waals surface area contributed by atoms with Crippen LogP contribution in [-0.2, 0) is 0 Å². The number of alkyl halides is 3. The molecular formula is C22H21F3N4O3. The van der Waals surface area contributed by atoms with Crippen LogP contribution in [0.25, 0.3) is 5.69 Å². The summed E-state index contributed by atoms with van der Waals surface area (Å²) in [5, 5.41) is 7.07. The van der Waals surface area contributed by atoms with Gasteiger partial charge in [0, 0.05) is 24.8 Å². The summed E-state index contributed by atoms with van der Waals surface area (Å²) < 4.78 is 48.5. The third-order valence-corrected chi connectivity index (χ3v) is 5.09. The van der Waals surface area contributed by atoms with Crippen molar-refractivity contribution < 1.29 is 27.4 Å². The molecule has 3 aromatic rings. The standard InChI is InChI=1S/C22H21F3N4O3/c1-15-20(13-26-29(15)17-6-3-2-4-7-17)31-21(30)27-16-10-11-28(14-16)18-8-5-9-19(12-18)32-22(23,24)25/h2-9,12-13,16H,10-11,14H2,1H3,(H,27,30). The van der Waals surface area contributed by atoms with Crippen molar-refractivity contribution in [1.82, 2.24) is 15.1 Å². The van der Waals surface area contributed by atoms with Gasteiger partial charge in [0.15, 0.2) is 5.75 Å². The van der Waals surface area contributed by atoms with Crippen molar-refractivity contribution in [1.29, 1.82) is 0 Å². The number of amides is 1. The monoisotopic (exact) mass is 446 g/mol. The number of nitrogens with one attached hydrogen (secondary N) is 1. The largest absolute Gasteiger partial charge is 0.573 e. The molecule has 2 aromatic carbocycles. The number of carbonyl (C=O) groups excluding carboxylic acids is 1. The van der Waals surface area contributed by atoms with Gasteiger partial charge in [-0.2, -0.15) is 5.10 Å². The minimum atomic E-state index is -4.75. The fraction of sp³-hybridized carbons (Fsp3) is 0.273. The van der Waals surface area contributed by atoms with Gasteiger partial charge in [-0.25, -0.2) is 9.48 Å². The van der Waals surface area contributed by atoms with Crippen LogP contribution in [0.3, 0.4) is 0 Å². The van der Waals surface area contributed by atoms with E-state index in [4.69, 9.17) is 4.74 Å². The molecule has 1 aromatic heterocycles. The van der Waals surface area contributed by atoms with Gasteiger partial charge in [-0.05, 0) is 37.6 Å². The zero-order valence-electron chi connectivity index (χ0n) is 17.2. The first-order valence-corrected chi connectivity index (χ1v) is 9.97. The van der Waals surface area contributed by atoms with E-state index in [0.29, 0.717) is 36.6 Å². The highest BCUT2D eigenvalue weighted by molar-refractivity contribution is 5.71. The normalized spacial score (nSPS) is 16.1. The maximum Gasteiger partial charge on any atom is 0.573 e. The van der Waals surface area contributed by atoms with Gasteiger partial charge in [0.1, 0.15) is 5.75 Å². The molecule has 1 amide bonds. The number of ether oxygens (including phenoxy) is 2. The molecule has 2 heterocycles. The highest BCUT2D eigenvalue weighted by Gasteiger charge is 2.31. The first kappa shape index (κ1) is 21.5. The van der Waals surface area contributed by atoms with Crippen LogP contribution in [0.4, 0.5) is 23.7 Å². The van der Waals surface area contributed by atoms with Gasteiger partial charge in [0.05, 0.1) is 23.6 Å². The maximum absolute atomic E-state index is 12.5. The Kier molecular flexibility index (Phi) is 5.93. The molecular weight excluding hydrogens is 425 g/mol. The highest BCUT2D eigenvalue weighted by atomic mass is 19.4. The summed E-state index contributed by atoms with van der Waals surface area (Å²) in [7, 11) is 0. The number of aromatic nitrogens is 2. The molecule has 0 radical (unpaired) electrons. The second kappa shape index (κ2) is 8.81. The molecule has 1 atom stereocenters. The van der Waals surface area contributed by atoms with Crippen molar-refractivity contribution in [2.45, 2.75) is 25.7 Å². The Bertz CT molecular complexity index is 1090. The number of hydrogen-bond acceptors (Lipinski definition) is 5. The quantitative estimate of drug-likeness (QED) is 0.627. The molecule has 1 aliphatic heterocycles. The van der Waals surface area contributed by atoms with E-state index in [2.05, 4.69) is 15.2 Å². The molecule has 1 aliphatic rings. The first-order valence-electron chi connectivity index (χ1n) is 9.97. The minimum absolute atomic E-state index is 0.209. The summed E-state index contributed by atoms with van der Waals surface area (Å²) in [5.41, 5.74) is 2.12. The van der Waals surface area contributed by atoms with Crippen molar-refractivity contribution in [2.24, 2.45) is 0 Å². The number of nitrogens with zero attached hydrogens (tertiary/aromatic N) is 3. The lowest BCUT2D eigenvalue weighted by atomic mass is 10.2. The lowest BCUT2D eigenvalue weighted by Crippen LogP contribution is -2.38. The van der Waals surface area contributed by atoms with Crippen LogP contribution in [-0.4, -0.2) is 41.4 Å². The summed E-state index contributed by atoms with van der Waals surface area (Å²) in [6.07, 6.45) is -3.25. The van der Waals surface area contributed by atoms with Gasteiger partial charge in [-0.1, -0.05) is 24.3 Å². The SMILES string of the molecule is Cc1c(OC(=O)NC2CCN(c3cccc(OC(F)(F)F)c3)C2)cnn1-c1ccccc1. The molecule has 7 nitrogen and oxygen atoms in total. The molecule has 0 bridgehead atoms. The summed E-state index contributed by atoms with van der Waals surface area (Å²) >= 11 is 0. The number of halogens is 3. The predicted octanol–water partition coefficient (Wildman–Crippen LogP) is 4.45. The fourth-order valence-electron chi connectivity index (χ4n) is 3.61. The summed E-state index contributed by atoms with van der Waals surface area (Å²) in [6.45, 7) is 2.81. The van der Waals surface area contributed by atoms with E-state index in [0.717, 1.165) is 5.69 Å². The number of hydrogen-bond donors (Lipinski definition) is 1. The minimum Gasteiger partial charge on any atom is -0.407 e. The number of para-hydroxylation sites is 1. The molecule has 4 rings (SSSR count). The van der Waals surface area contributed by atoms with E-state index < -0.39 is 12.5 Å². The van der Waals surface area contributed by atoms with Crippen molar-refractivity contribution in [3.63, 3.8) is 0 Å². The lowest BCUT2D eigenvalue weighted by Gasteiger charge is -2.20. The number of rotatable bonds is 5. The summed E-state index contributed by atoms with van der Waals surface area (Å²) in [6, 6.07) is 15.0. The lowest BCUT2D eigenvalue weighted by molar-refractivity contribution is -0.274. The van der Waals surface area contributed by atoms with Crippen LogP contribution in [0.15, 0.2) is 60.8 Å². The number of carbonyl (C=O) groups is 1. The van der Waals surface area contributed by atoms with E-state index in [1.54, 1.807) is 17.7 Å². The Hall–Kier alpha value is -3.69. The molecule has 0 spiro atoms. The van der Waals surface area contributed by atoms with Gasteiger partial charge in [-0.15, -0.1) is 13.2 Å². The second-order valence-corrected chi connectivity index (χ2v) is 7.35. The van der Waals surface area contributed by atoms with Gasteiger partial charge >= 0.3 is 12.5 Å². The molecule has 1 fully saturated rings. The summed E-state index contributed by atoms with van der Waals surface area (Å²) in [4.78, 5) is 14.3. The average Bonchev–Trinajstić information content (AvgIpc) is 3.35. The smallest absolute Gasteiger partial charge is 0.407 e. The van der Waals surface area contributed by atoms with E-state index in [1.165, 1.54) is 24.4 Å². The number of anilines is 1. The zero-order valence-corrected chi connectivity index (χ0v) is 17.2. The Morgan fingerprint density at radius 3 is 2.62 bits per heavy atom. The summed E-state index contributed by atoms with van der Waals surface area (Å²) in [5.74, 6) is 0.0647. The van der Waals surface area contributed by atoms with Crippen LogP contribution < -0.4 is 19.7 Å². The molecule has 1 unspecified atom stereocenters. The Morgan fingerprint density at radius 2 is 1.88 bits per heavy atom. The van der Waals surface area contributed by atoms with E-state index in [1.807, 2.05) is 35.2 Å². The molecule has 1 saturated heterocycles. The first-order chi connectivity index (χ1) is 15.3. The van der Waals surface area contributed by atoms with Crippen LogP contribution in [0.1, 0.15) is 12.1 Å². The van der Waals surface area contributed by atoms with Crippen LogP contribution in [0.2, 0.25) is 0 Å². The van der Waals surface area contributed by atoms with Crippen molar-refractivity contribution in [3.8, 4) is 17.2 Å². The van der Waals surface area contributed by atoms with E-state index in [-0.39, 0.29) is 11.8 Å². The zero-order chi connectivity index (χ0) is 22.7. The highest BCUT2D eigenvalue weighted by Crippen LogP contribution is 2.28. The maximum atomic E-state index is 12.5. The Morgan fingerprint density at radius 1 is 1.12 bits per heavy atom. The topological polar surface area (TPSA) is 68.6 Å². The van der Waals surface area contributed by atoms with Gasteiger partial charge in [-0.3, -0.25) is 0 Å². The van der Waals surface area contributed by atoms with Gasteiger partial charge in [0.25, 0.3) is 0 Å². The van der Waals surface area contributed by atoms with Crippen LogP contribution >= 0.6 is 0 Å². The molecule has 0 saturated carbocycles. The Balaban J connectivity index is 1.34. The van der Waals surface area contributed by atoms with Gasteiger partial charge < -0.3 is 19.7 Å². The van der Waals surface area contributed by atoms with Gasteiger partial charge in [0.2, 0.25) is 0 Å².